The fraction of sp³-hybridized carbons (Fsp3) is 0.174. The van der Waals surface area contributed by atoms with Gasteiger partial charge in [-0.2, -0.15) is 0 Å². The summed E-state index contributed by atoms with van der Waals surface area (Å²) in [7, 11) is 0. The van der Waals surface area contributed by atoms with Crippen LogP contribution in [0.1, 0.15) is 21.5 Å². The van der Waals surface area contributed by atoms with Crippen LogP contribution >= 0.6 is 23.5 Å². The quantitative estimate of drug-likeness (QED) is 0.384. The minimum absolute atomic E-state index is 0.0419. The Morgan fingerprint density at radius 2 is 1.80 bits per heavy atom. The highest BCUT2D eigenvalue weighted by molar-refractivity contribution is 7.98. The van der Waals surface area contributed by atoms with Crippen molar-refractivity contribution < 1.29 is 4.79 Å². The number of thioether (sulfide) groups is 2. The number of aromatic nitrogens is 3. The number of amides is 1. The van der Waals surface area contributed by atoms with Crippen molar-refractivity contribution in [1.82, 2.24) is 20.3 Å². The first-order valence-corrected chi connectivity index (χ1v) is 11.8. The summed E-state index contributed by atoms with van der Waals surface area (Å²) < 4.78 is 0. The van der Waals surface area contributed by atoms with Crippen molar-refractivity contribution in [2.24, 2.45) is 0 Å². The first kappa shape index (κ1) is 20.5. The van der Waals surface area contributed by atoms with Gasteiger partial charge in [0.2, 0.25) is 0 Å². The van der Waals surface area contributed by atoms with Crippen LogP contribution in [0.4, 0.5) is 0 Å². The molecule has 0 saturated carbocycles. The highest BCUT2D eigenvalue weighted by Crippen LogP contribution is 2.22. The topological polar surface area (TPSA) is 70.7 Å². The van der Waals surface area contributed by atoms with Crippen LogP contribution in [0.25, 0.3) is 11.0 Å². The Balaban J connectivity index is 1.26. The lowest BCUT2D eigenvalue weighted by Crippen LogP contribution is -2.25. The summed E-state index contributed by atoms with van der Waals surface area (Å²) in [4.78, 5) is 25.5. The molecule has 4 rings (SSSR count). The summed E-state index contributed by atoms with van der Waals surface area (Å²) >= 11 is 3.36. The van der Waals surface area contributed by atoms with E-state index in [1.54, 1.807) is 35.9 Å². The van der Waals surface area contributed by atoms with Crippen molar-refractivity contribution in [3.05, 3.63) is 83.7 Å². The van der Waals surface area contributed by atoms with Crippen molar-refractivity contribution in [1.29, 1.82) is 0 Å². The predicted molar refractivity (Wildman–Crippen MR) is 124 cm³/mol. The molecule has 0 spiro atoms. The van der Waals surface area contributed by atoms with Crippen LogP contribution in [0, 0.1) is 0 Å². The molecule has 0 bridgehead atoms. The fourth-order valence-corrected chi connectivity index (χ4v) is 4.27. The van der Waals surface area contributed by atoms with Crippen molar-refractivity contribution in [2.45, 2.75) is 22.2 Å². The second kappa shape index (κ2) is 9.82. The first-order chi connectivity index (χ1) is 14.7. The van der Waals surface area contributed by atoms with E-state index in [1.807, 2.05) is 30.3 Å². The molecule has 0 aliphatic heterocycles. The van der Waals surface area contributed by atoms with E-state index in [-0.39, 0.29) is 5.91 Å². The van der Waals surface area contributed by atoms with E-state index in [1.165, 1.54) is 10.5 Å². The highest BCUT2D eigenvalue weighted by Gasteiger charge is 2.07. The zero-order chi connectivity index (χ0) is 20.8. The second-order valence-corrected chi connectivity index (χ2v) is 8.62. The monoisotopic (exact) mass is 434 g/mol. The molecule has 30 heavy (non-hydrogen) atoms. The SMILES string of the molecule is CSc1ccc(CCNC(=O)c2ccc(CSc3nc4ccncc4[nH]3)cc2)cc1. The Bertz CT molecular complexity index is 1090. The van der Waals surface area contributed by atoms with Crippen molar-refractivity contribution >= 4 is 40.5 Å². The summed E-state index contributed by atoms with van der Waals surface area (Å²) in [5.74, 6) is 0.737. The smallest absolute Gasteiger partial charge is 0.251 e. The van der Waals surface area contributed by atoms with Gasteiger partial charge in [0.15, 0.2) is 5.16 Å². The molecule has 7 heteroatoms. The highest BCUT2D eigenvalue weighted by atomic mass is 32.2. The van der Waals surface area contributed by atoms with Gasteiger partial charge in [0.25, 0.3) is 5.91 Å². The van der Waals surface area contributed by atoms with Crippen LogP contribution in [0.3, 0.4) is 0 Å². The Morgan fingerprint density at radius 3 is 2.53 bits per heavy atom. The molecule has 2 heterocycles. The molecule has 2 N–H and O–H groups in total. The van der Waals surface area contributed by atoms with Gasteiger partial charge in [0, 0.05) is 29.0 Å². The second-order valence-electron chi connectivity index (χ2n) is 6.77. The van der Waals surface area contributed by atoms with E-state index in [2.05, 4.69) is 50.8 Å². The number of carbonyl (C=O) groups is 1. The van der Waals surface area contributed by atoms with Gasteiger partial charge in [-0.05, 0) is 54.1 Å². The Kier molecular flexibility index (Phi) is 6.71. The molecule has 0 atom stereocenters. The molecule has 0 unspecified atom stereocenters. The van der Waals surface area contributed by atoms with Gasteiger partial charge < -0.3 is 10.3 Å². The lowest BCUT2D eigenvalue weighted by atomic mass is 10.1. The van der Waals surface area contributed by atoms with Gasteiger partial charge in [0.05, 0.1) is 17.2 Å². The molecular weight excluding hydrogens is 412 g/mol. The molecule has 0 aliphatic rings. The molecule has 2 aromatic heterocycles. The molecule has 0 radical (unpaired) electrons. The number of nitrogens with one attached hydrogen (secondary N) is 2. The summed E-state index contributed by atoms with van der Waals surface area (Å²) in [5.41, 5.74) is 4.90. The largest absolute Gasteiger partial charge is 0.352 e. The number of hydrogen-bond acceptors (Lipinski definition) is 5. The van der Waals surface area contributed by atoms with Crippen LogP contribution in [0.2, 0.25) is 0 Å². The normalized spacial score (nSPS) is 11.0. The maximum Gasteiger partial charge on any atom is 0.251 e. The zero-order valence-corrected chi connectivity index (χ0v) is 18.2. The van der Waals surface area contributed by atoms with Crippen LogP contribution in [0.15, 0.2) is 77.0 Å². The lowest BCUT2D eigenvalue weighted by Gasteiger charge is -2.07. The Labute approximate surface area is 184 Å². The van der Waals surface area contributed by atoms with Crippen molar-refractivity contribution in [3.63, 3.8) is 0 Å². The van der Waals surface area contributed by atoms with Gasteiger partial charge >= 0.3 is 0 Å². The molecule has 1 amide bonds. The van der Waals surface area contributed by atoms with E-state index >= 15 is 0 Å². The van der Waals surface area contributed by atoms with Gasteiger partial charge in [-0.15, -0.1) is 11.8 Å². The molecule has 4 aromatic rings. The van der Waals surface area contributed by atoms with Gasteiger partial charge in [-0.3, -0.25) is 9.78 Å². The molecule has 0 aliphatic carbocycles. The molecule has 0 fully saturated rings. The van der Waals surface area contributed by atoms with E-state index in [0.717, 1.165) is 33.9 Å². The van der Waals surface area contributed by atoms with Gasteiger partial charge in [-0.1, -0.05) is 36.0 Å². The Morgan fingerprint density at radius 1 is 1.03 bits per heavy atom. The van der Waals surface area contributed by atoms with Crippen molar-refractivity contribution in [2.75, 3.05) is 12.8 Å². The minimum Gasteiger partial charge on any atom is -0.352 e. The number of carbonyl (C=O) groups excluding carboxylic acids is 1. The van der Waals surface area contributed by atoms with Crippen LogP contribution < -0.4 is 5.32 Å². The van der Waals surface area contributed by atoms with E-state index in [4.69, 9.17) is 0 Å². The number of H-pyrrole nitrogens is 1. The third-order valence-electron chi connectivity index (χ3n) is 4.71. The van der Waals surface area contributed by atoms with Crippen LogP contribution in [-0.4, -0.2) is 33.7 Å². The van der Waals surface area contributed by atoms with Gasteiger partial charge in [0.1, 0.15) is 0 Å². The van der Waals surface area contributed by atoms with E-state index in [0.29, 0.717) is 12.1 Å². The fourth-order valence-electron chi connectivity index (χ4n) is 3.02. The standard InChI is InChI=1S/C23H22N4OS2/c1-29-19-8-4-16(5-9-19)10-13-25-22(28)18-6-2-17(3-7-18)15-30-23-26-20-11-12-24-14-21(20)27-23/h2-9,11-12,14H,10,13,15H2,1H3,(H,25,28)(H,26,27). The van der Waals surface area contributed by atoms with Crippen LogP contribution in [-0.2, 0) is 12.2 Å². The van der Waals surface area contributed by atoms with Gasteiger partial charge in [-0.25, -0.2) is 4.98 Å². The third-order valence-corrected chi connectivity index (χ3v) is 6.40. The van der Waals surface area contributed by atoms with Crippen LogP contribution in [0.5, 0.6) is 0 Å². The lowest BCUT2D eigenvalue weighted by molar-refractivity contribution is 0.0954. The first-order valence-electron chi connectivity index (χ1n) is 9.64. The number of fused-ring (bicyclic) bond motifs is 1. The summed E-state index contributed by atoms with van der Waals surface area (Å²) in [6, 6.07) is 18.1. The number of benzene rings is 2. The third kappa shape index (κ3) is 5.23. The summed E-state index contributed by atoms with van der Waals surface area (Å²) in [6.07, 6.45) is 6.40. The summed E-state index contributed by atoms with van der Waals surface area (Å²) in [6.45, 7) is 0.621. The Hall–Kier alpha value is -2.77. The minimum atomic E-state index is -0.0419. The number of pyridine rings is 1. The predicted octanol–water partition coefficient (Wildman–Crippen LogP) is 4.94. The maximum atomic E-state index is 12.4. The number of imidazole rings is 1. The number of nitrogens with zero attached hydrogens (tertiary/aromatic N) is 2. The van der Waals surface area contributed by atoms with E-state index in [9.17, 15) is 4.79 Å². The maximum absolute atomic E-state index is 12.4. The number of hydrogen-bond donors (Lipinski definition) is 2. The molecule has 2 aromatic carbocycles. The average Bonchev–Trinajstić information content (AvgIpc) is 3.21. The average molecular weight is 435 g/mol. The molecule has 152 valence electrons. The van der Waals surface area contributed by atoms with Crippen molar-refractivity contribution in [3.8, 4) is 0 Å². The molecule has 0 saturated heterocycles. The van der Waals surface area contributed by atoms with E-state index < -0.39 is 0 Å². The number of aromatic amines is 1. The zero-order valence-electron chi connectivity index (χ0n) is 16.6. The summed E-state index contributed by atoms with van der Waals surface area (Å²) in [5, 5.41) is 3.86. The molecule has 5 nitrogen and oxygen atoms in total. The molecular formula is C23H22N4OS2. The number of rotatable bonds is 8.